The van der Waals surface area contributed by atoms with Crippen LogP contribution in [-0.4, -0.2) is 24.5 Å². The normalized spacial score (nSPS) is 32.5. The van der Waals surface area contributed by atoms with Gasteiger partial charge in [0.25, 0.3) is 0 Å². The minimum Gasteiger partial charge on any atom is -0.354 e. The maximum Gasteiger partial charge on any atom is 0.221 e. The van der Waals surface area contributed by atoms with Crippen LogP contribution in [0.25, 0.3) is 0 Å². The third-order valence-electron chi connectivity index (χ3n) is 2.31. The highest BCUT2D eigenvalue weighted by molar-refractivity contribution is 5.85. The van der Waals surface area contributed by atoms with Gasteiger partial charge < -0.3 is 10.6 Å². The second-order valence-corrected chi connectivity index (χ2v) is 3.15. The van der Waals surface area contributed by atoms with E-state index >= 15 is 0 Å². The van der Waals surface area contributed by atoms with Crippen molar-refractivity contribution < 1.29 is 4.79 Å². The summed E-state index contributed by atoms with van der Waals surface area (Å²) in [6, 6.07) is 1.02. The molecule has 2 aliphatic rings. The van der Waals surface area contributed by atoms with Crippen LogP contribution < -0.4 is 10.6 Å². The van der Waals surface area contributed by atoms with Crippen LogP contribution in [0.1, 0.15) is 19.3 Å². The maximum absolute atomic E-state index is 10.9. The molecule has 2 saturated heterocycles. The van der Waals surface area contributed by atoms with Gasteiger partial charge in [0.15, 0.2) is 0 Å². The van der Waals surface area contributed by atoms with Crippen LogP contribution in [0.4, 0.5) is 0 Å². The van der Waals surface area contributed by atoms with E-state index < -0.39 is 0 Å². The maximum atomic E-state index is 10.9. The first-order valence-electron chi connectivity index (χ1n) is 3.87. The van der Waals surface area contributed by atoms with Gasteiger partial charge in [0.2, 0.25) is 5.91 Å². The molecule has 12 heavy (non-hydrogen) atoms. The highest BCUT2D eigenvalue weighted by atomic mass is 35.5. The summed E-state index contributed by atoms with van der Waals surface area (Å²) < 4.78 is 0. The van der Waals surface area contributed by atoms with Crippen molar-refractivity contribution >= 4 is 30.7 Å². The lowest BCUT2D eigenvalue weighted by molar-refractivity contribution is -0.121. The Morgan fingerprint density at radius 1 is 1.17 bits per heavy atom. The lowest BCUT2D eigenvalue weighted by Crippen LogP contribution is -2.33. The molecule has 1 amide bonds. The predicted molar refractivity (Wildman–Crippen MR) is 52.1 cm³/mol. The monoisotopic (exact) mass is 212 g/mol. The number of halogens is 2. The van der Waals surface area contributed by atoms with Crippen molar-refractivity contribution in [2.45, 2.75) is 31.3 Å². The summed E-state index contributed by atoms with van der Waals surface area (Å²) >= 11 is 0. The Bertz CT molecular complexity index is 165. The van der Waals surface area contributed by atoms with Crippen LogP contribution in [0.5, 0.6) is 0 Å². The van der Waals surface area contributed by atoms with E-state index in [1.807, 2.05) is 0 Å². The first-order valence-corrected chi connectivity index (χ1v) is 3.87. The molecule has 0 spiro atoms. The zero-order valence-corrected chi connectivity index (χ0v) is 8.34. The van der Waals surface area contributed by atoms with E-state index in [0.29, 0.717) is 18.5 Å². The van der Waals surface area contributed by atoms with Gasteiger partial charge in [0.1, 0.15) is 0 Å². The molecule has 0 unspecified atom stereocenters. The molecule has 3 nitrogen and oxygen atoms in total. The molecule has 2 N–H and O–H groups in total. The standard InChI is InChI=1S/C7H12N2O.2ClH/c10-7-3-5-1-2-6(9-5)4-8-7;;/h5-6,9H,1-4H2,(H,8,10);2*1H/t5-,6+;;/m1../s1. The number of carbonyl (C=O) groups excluding carboxylic acids is 1. The molecule has 0 aliphatic carbocycles. The Labute approximate surface area is 84.5 Å². The average Bonchev–Trinajstić information content (AvgIpc) is 2.22. The molecule has 2 rings (SSSR count). The molecular formula is C7H14Cl2N2O. The van der Waals surface area contributed by atoms with Crippen LogP contribution in [0.15, 0.2) is 0 Å². The van der Waals surface area contributed by atoms with Crippen LogP contribution in [-0.2, 0) is 4.79 Å². The molecule has 72 valence electrons. The summed E-state index contributed by atoms with van der Waals surface area (Å²) in [5.74, 6) is 0.208. The first kappa shape index (κ1) is 12.0. The summed E-state index contributed by atoms with van der Waals surface area (Å²) in [7, 11) is 0. The number of hydrogen-bond donors (Lipinski definition) is 2. The van der Waals surface area contributed by atoms with Crippen molar-refractivity contribution in [3.63, 3.8) is 0 Å². The fourth-order valence-corrected chi connectivity index (χ4v) is 1.76. The van der Waals surface area contributed by atoms with Crippen LogP contribution >= 0.6 is 24.8 Å². The smallest absolute Gasteiger partial charge is 0.221 e. The van der Waals surface area contributed by atoms with E-state index in [4.69, 9.17) is 0 Å². The van der Waals surface area contributed by atoms with Crippen LogP contribution in [0.3, 0.4) is 0 Å². The van der Waals surface area contributed by atoms with Gasteiger partial charge in [-0.15, -0.1) is 24.8 Å². The van der Waals surface area contributed by atoms with Gasteiger partial charge in [-0.05, 0) is 12.8 Å². The molecule has 2 heterocycles. The Kier molecular flexibility index (Phi) is 4.90. The molecule has 0 saturated carbocycles. The van der Waals surface area contributed by atoms with Crippen LogP contribution in [0.2, 0.25) is 0 Å². The van der Waals surface area contributed by atoms with Crippen molar-refractivity contribution in [3.8, 4) is 0 Å². The summed E-state index contributed by atoms with van der Waals surface area (Å²) in [6.45, 7) is 0.829. The number of amides is 1. The van der Waals surface area contributed by atoms with Crippen molar-refractivity contribution in [2.24, 2.45) is 0 Å². The summed E-state index contributed by atoms with van der Waals surface area (Å²) in [5, 5.41) is 6.27. The number of nitrogens with one attached hydrogen (secondary N) is 2. The summed E-state index contributed by atoms with van der Waals surface area (Å²) in [5.41, 5.74) is 0. The second kappa shape index (κ2) is 4.90. The van der Waals surface area contributed by atoms with Crippen LogP contribution in [0, 0.1) is 0 Å². The van der Waals surface area contributed by atoms with Gasteiger partial charge in [-0.1, -0.05) is 0 Å². The Hall–Kier alpha value is 0.01000. The molecule has 2 atom stereocenters. The molecule has 0 aromatic rings. The number of hydrogen-bond acceptors (Lipinski definition) is 2. The molecule has 2 fully saturated rings. The Morgan fingerprint density at radius 3 is 2.58 bits per heavy atom. The quantitative estimate of drug-likeness (QED) is 0.614. The lowest BCUT2D eigenvalue weighted by atomic mass is 10.1. The number of carbonyl (C=O) groups is 1. The molecule has 0 aromatic heterocycles. The average molecular weight is 213 g/mol. The molecule has 0 aromatic carbocycles. The molecule has 5 heteroatoms. The lowest BCUT2D eigenvalue weighted by Gasteiger charge is -2.06. The first-order chi connectivity index (χ1) is 4.84. The topological polar surface area (TPSA) is 41.1 Å². The summed E-state index contributed by atoms with van der Waals surface area (Å²) in [4.78, 5) is 10.9. The van der Waals surface area contributed by atoms with Gasteiger partial charge in [-0.2, -0.15) is 0 Å². The van der Waals surface area contributed by atoms with E-state index in [1.54, 1.807) is 0 Å². The minimum atomic E-state index is 0. The molecular weight excluding hydrogens is 199 g/mol. The Morgan fingerprint density at radius 2 is 1.83 bits per heavy atom. The van der Waals surface area contributed by atoms with E-state index in [1.165, 1.54) is 12.8 Å². The highest BCUT2D eigenvalue weighted by Crippen LogP contribution is 2.16. The second-order valence-electron chi connectivity index (χ2n) is 3.15. The van der Waals surface area contributed by atoms with Gasteiger partial charge in [-0.3, -0.25) is 4.79 Å². The molecule has 0 radical (unpaired) electrons. The molecule has 2 aliphatic heterocycles. The van der Waals surface area contributed by atoms with Crippen molar-refractivity contribution in [1.82, 2.24) is 10.6 Å². The third-order valence-corrected chi connectivity index (χ3v) is 2.31. The van der Waals surface area contributed by atoms with E-state index in [0.717, 1.165) is 6.54 Å². The third kappa shape index (κ3) is 2.51. The van der Waals surface area contributed by atoms with Gasteiger partial charge >= 0.3 is 0 Å². The zero-order valence-electron chi connectivity index (χ0n) is 6.71. The Balaban J connectivity index is 0.000000605. The SMILES string of the molecule is Cl.Cl.O=C1C[C@H]2CC[C@@H](CN1)N2. The number of fused-ring (bicyclic) bond motifs is 2. The van der Waals surface area contributed by atoms with Gasteiger partial charge in [-0.25, -0.2) is 0 Å². The van der Waals surface area contributed by atoms with E-state index in [2.05, 4.69) is 10.6 Å². The number of rotatable bonds is 0. The highest BCUT2D eigenvalue weighted by Gasteiger charge is 2.28. The van der Waals surface area contributed by atoms with E-state index in [-0.39, 0.29) is 30.7 Å². The fraction of sp³-hybridized carbons (Fsp3) is 0.857. The largest absolute Gasteiger partial charge is 0.354 e. The van der Waals surface area contributed by atoms with Gasteiger partial charge in [0.05, 0.1) is 0 Å². The predicted octanol–water partition coefficient (Wildman–Crippen LogP) is 0.470. The van der Waals surface area contributed by atoms with Crippen molar-refractivity contribution in [3.05, 3.63) is 0 Å². The van der Waals surface area contributed by atoms with Gasteiger partial charge in [0, 0.05) is 25.0 Å². The van der Waals surface area contributed by atoms with Crippen molar-refractivity contribution in [1.29, 1.82) is 0 Å². The summed E-state index contributed by atoms with van der Waals surface area (Å²) in [6.07, 6.45) is 3.08. The van der Waals surface area contributed by atoms with E-state index in [9.17, 15) is 4.79 Å². The zero-order chi connectivity index (χ0) is 6.97. The molecule has 2 bridgehead atoms. The minimum absolute atomic E-state index is 0. The van der Waals surface area contributed by atoms with Crippen molar-refractivity contribution in [2.75, 3.05) is 6.54 Å². The fourth-order valence-electron chi connectivity index (χ4n) is 1.76.